The first-order valence-corrected chi connectivity index (χ1v) is 12.0. The van der Waals surface area contributed by atoms with Gasteiger partial charge >= 0.3 is 17.9 Å². The van der Waals surface area contributed by atoms with Gasteiger partial charge in [-0.25, -0.2) is 4.79 Å². The van der Waals surface area contributed by atoms with Crippen LogP contribution in [0.4, 0.5) is 0 Å². The van der Waals surface area contributed by atoms with E-state index in [2.05, 4.69) is 16.0 Å². The summed E-state index contributed by atoms with van der Waals surface area (Å²) >= 11 is 1.37. The number of hydrogen-bond acceptors (Lipinski definition) is 8. The average Bonchev–Trinajstić information content (AvgIpc) is 2.72. The summed E-state index contributed by atoms with van der Waals surface area (Å²) in [6.45, 7) is 3.50. The number of carbonyl (C=O) groups excluding carboxylic acids is 3. The summed E-state index contributed by atoms with van der Waals surface area (Å²) in [4.78, 5) is 71.1. The van der Waals surface area contributed by atoms with Crippen LogP contribution in [0.2, 0.25) is 0 Å². The summed E-state index contributed by atoms with van der Waals surface area (Å²) in [6, 6.07) is -5.23. The van der Waals surface area contributed by atoms with E-state index < -0.39 is 66.2 Å². The molecule has 4 unspecified atom stereocenters. The number of nitrogens with one attached hydrogen (secondary N) is 3. The standard InChI is InChI=1S/C20H34N4O9S/c1-10(2)8-14(20(32)33)24-19(31)13(9-16(27)28)23-18(30)12(6-7-34-3)22-17(29)11(21)4-5-15(25)26/h10-14H,4-9,21H2,1-3H3,(H,22,29)(H,23,30)(H,24,31)(H,25,26)(H,27,28)(H,32,33). The van der Waals surface area contributed by atoms with Gasteiger partial charge in [0.1, 0.15) is 18.1 Å². The van der Waals surface area contributed by atoms with Crippen LogP contribution in [-0.4, -0.2) is 87.1 Å². The molecule has 14 heteroatoms. The molecule has 0 bridgehead atoms. The van der Waals surface area contributed by atoms with E-state index in [4.69, 9.17) is 15.9 Å². The topological polar surface area (TPSA) is 225 Å². The number of rotatable bonds is 17. The van der Waals surface area contributed by atoms with Crippen molar-refractivity contribution in [2.75, 3.05) is 12.0 Å². The Labute approximate surface area is 201 Å². The van der Waals surface area contributed by atoms with Crippen molar-refractivity contribution in [1.29, 1.82) is 0 Å². The van der Waals surface area contributed by atoms with Crippen LogP contribution in [0.15, 0.2) is 0 Å². The van der Waals surface area contributed by atoms with Crippen molar-refractivity contribution in [2.45, 2.75) is 70.1 Å². The van der Waals surface area contributed by atoms with Crippen molar-refractivity contribution < 1.29 is 44.1 Å². The second-order valence-corrected chi connectivity index (χ2v) is 9.06. The molecule has 0 aromatic heterocycles. The molecular weight excluding hydrogens is 472 g/mol. The molecule has 0 fully saturated rings. The van der Waals surface area contributed by atoms with Crippen molar-refractivity contribution in [3.05, 3.63) is 0 Å². The Hall–Kier alpha value is -2.87. The Bertz CT molecular complexity index is 748. The Morgan fingerprint density at radius 2 is 1.32 bits per heavy atom. The van der Waals surface area contributed by atoms with Crippen LogP contribution in [-0.2, 0) is 28.8 Å². The first-order valence-electron chi connectivity index (χ1n) is 10.6. The lowest BCUT2D eigenvalue weighted by Crippen LogP contribution is -2.57. The maximum atomic E-state index is 12.8. The summed E-state index contributed by atoms with van der Waals surface area (Å²) in [5, 5.41) is 34.1. The molecule has 0 saturated heterocycles. The third-order valence-corrected chi connectivity index (χ3v) is 5.23. The zero-order valence-electron chi connectivity index (χ0n) is 19.4. The SMILES string of the molecule is CSCCC(NC(=O)C(N)CCC(=O)O)C(=O)NC(CC(=O)O)C(=O)NC(CC(C)C)C(=O)O. The molecule has 34 heavy (non-hydrogen) atoms. The minimum Gasteiger partial charge on any atom is -0.481 e. The molecule has 0 saturated carbocycles. The summed E-state index contributed by atoms with van der Waals surface area (Å²) in [7, 11) is 0. The van der Waals surface area contributed by atoms with Gasteiger partial charge in [0.2, 0.25) is 17.7 Å². The smallest absolute Gasteiger partial charge is 0.326 e. The highest BCUT2D eigenvalue weighted by Crippen LogP contribution is 2.07. The largest absolute Gasteiger partial charge is 0.481 e. The van der Waals surface area contributed by atoms with Crippen molar-refractivity contribution in [1.82, 2.24) is 16.0 Å². The quantitative estimate of drug-likeness (QED) is 0.126. The van der Waals surface area contributed by atoms with Gasteiger partial charge in [-0.1, -0.05) is 13.8 Å². The second-order valence-electron chi connectivity index (χ2n) is 8.07. The number of carboxylic acids is 3. The molecule has 0 aliphatic heterocycles. The van der Waals surface area contributed by atoms with Gasteiger partial charge in [-0.2, -0.15) is 11.8 Å². The molecule has 8 N–H and O–H groups in total. The maximum absolute atomic E-state index is 12.8. The predicted molar refractivity (Wildman–Crippen MR) is 123 cm³/mol. The summed E-state index contributed by atoms with van der Waals surface area (Å²) in [5.41, 5.74) is 5.67. The number of amides is 3. The number of hydrogen-bond donors (Lipinski definition) is 7. The normalized spacial score (nSPS) is 14.4. The molecule has 3 amide bonds. The number of aliphatic carboxylic acids is 3. The molecule has 0 radical (unpaired) electrons. The maximum Gasteiger partial charge on any atom is 0.326 e. The van der Waals surface area contributed by atoms with Gasteiger partial charge < -0.3 is 37.0 Å². The van der Waals surface area contributed by atoms with Crippen LogP contribution in [0.5, 0.6) is 0 Å². The van der Waals surface area contributed by atoms with E-state index in [-0.39, 0.29) is 31.6 Å². The van der Waals surface area contributed by atoms with Gasteiger partial charge in [-0.3, -0.25) is 24.0 Å². The molecule has 0 heterocycles. The highest BCUT2D eigenvalue weighted by atomic mass is 32.2. The first kappa shape index (κ1) is 31.1. The Morgan fingerprint density at radius 1 is 0.794 bits per heavy atom. The van der Waals surface area contributed by atoms with Crippen molar-refractivity contribution in [3.8, 4) is 0 Å². The van der Waals surface area contributed by atoms with Crippen LogP contribution < -0.4 is 21.7 Å². The molecule has 0 spiro atoms. The van der Waals surface area contributed by atoms with Gasteiger partial charge in [0.25, 0.3) is 0 Å². The van der Waals surface area contributed by atoms with Crippen LogP contribution in [0.1, 0.15) is 46.0 Å². The van der Waals surface area contributed by atoms with Crippen LogP contribution >= 0.6 is 11.8 Å². The Kier molecular flexibility index (Phi) is 14.5. The molecule has 0 aliphatic rings. The molecule has 194 valence electrons. The number of carbonyl (C=O) groups is 6. The lowest BCUT2D eigenvalue weighted by Gasteiger charge is -2.25. The molecule has 13 nitrogen and oxygen atoms in total. The van der Waals surface area contributed by atoms with Crippen molar-refractivity contribution in [3.63, 3.8) is 0 Å². The average molecular weight is 507 g/mol. The van der Waals surface area contributed by atoms with Crippen LogP contribution in [0, 0.1) is 5.92 Å². The zero-order valence-corrected chi connectivity index (χ0v) is 20.2. The Balaban J connectivity index is 5.46. The minimum absolute atomic E-state index is 0.0783. The zero-order chi connectivity index (χ0) is 26.4. The third kappa shape index (κ3) is 13.0. The molecule has 0 aliphatic carbocycles. The van der Waals surface area contributed by atoms with E-state index in [1.807, 2.05) is 0 Å². The summed E-state index contributed by atoms with van der Waals surface area (Å²) in [5.74, 6) is -6.12. The summed E-state index contributed by atoms with van der Waals surface area (Å²) < 4.78 is 0. The van der Waals surface area contributed by atoms with E-state index in [0.717, 1.165) is 0 Å². The fourth-order valence-corrected chi connectivity index (χ4v) is 3.29. The predicted octanol–water partition coefficient (Wildman–Crippen LogP) is -1.01. The molecule has 4 atom stereocenters. The molecular formula is C20H34N4O9S. The van der Waals surface area contributed by atoms with Gasteiger partial charge in [-0.05, 0) is 37.2 Å². The minimum atomic E-state index is -1.59. The second kappa shape index (κ2) is 15.9. The van der Waals surface area contributed by atoms with E-state index in [1.165, 1.54) is 11.8 Å². The highest BCUT2D eigenvalue weighted by Gasteiger charge is 2.31. The lowest BCUT2D eigenvalue weighted by molar-refractivity contribution is -0.144. The number of thioether (sulfide) groups is 1. The Morgan fingerprint density at radius 3 is 1.79 bits per heavy atom. The lowest BCUT2D eigenvalue weighted by atomic mass is 10.0. The fraction of sp³-hybridized carbons (Fsp3) is 0.700. The fourth-order valence-electron chi connectivity index (χ4n) is 2.81. The van der Waals surface area contributed by atoms with Crippen LogP contribution in [0.25, 0.3) is 0 Å². The van der Waals surface area contributed by atoms with Gasteiger partial charge in [0, 0.05) is 6.42 Å². The number of carboxylic acid groups (broad SMARTS) is 3. The molecule has 0 rings (SSSR count). The van der Waals surface area contributed by atoms with Crippen molar-refractivity contribution in [2.24, 2.45) is 11.7 Å². The highest BCUT2D eigenvalue weighted by molar-refractivity contribution is 7.98. The van der Waals surface area contributed by atoms with Crippen LogP contribution in [0.3, 0.4) is 0 Å². The van der Waals surface area contributed by atoms with E-state index >= 15 is 0 Å². The monoisotopic (exact) mass is 506 g/mol. The van der Waals surface area contributed by atoms with E-state index in [0.29, 0.717) is 5.75 Å². The van der Waals surface area contributed by atoms with E-state index in [1.54, 1.807) is 20.1 Å². The van der Waals surface area contributed by atoms with Crippen molar-refractivity contribution >= 4 is 47.4 Å². The number of nitrogens with two attached hydrogens (primary N) is 1. The molecule has 0 aromatic carbocycles. The van der Waals surface area contributed by atoms with Gasteiger partial charge in [0.15, 0.2) is 0 Å². The van der Waals surface area contributed by atoms with Gasteiger partial charge in [0.05, 0.1) is 12.5 Å². The summed E-state index contributed by atoms with van der Waals surface area (Å²) in [6.07, 6.45) is 0.656. The van der Waals surface area contributed by atoms with E-state index in [9.17, 15) is 33.9 Å². The van der Waals surface area contributed by atoms with Gasteiger partial charge in [-0.15, -0.1) is 0 Å². The third-order valence-electron chi connectivity index (χ3n) is 4.58. The first-order chi connectivity index (χ1) is 15.8. The molecule has 0 aromatic rings.